The van der Waals surface area contributed by atoms with Gasteiger partial charge in [0.2, 0.25) is 0 Å². The van der Waals surface area contributed by atoms with Crippen LogP contribution in [0.2, 0.25) is 0 Å². The van der Waals surface area contributed by atoms with E-state index in [1.165, 1.54) is 0 Å². The molecule has 0 saturated carbocycles. The number of hydrogen-bond donors (Lipinski definition) is 0. The number of halogens is 2. The predicted molar refractivity (Wildman–Crippen MR) is 91.3 cm³/mol. The molecule has 0 N–H and O–H groups in total. The Morgan fingerprint density at radius 2 is 1.76 bits per heavy atom. The van der Waals surface area contributed by atoms with Crippen molar-refractivity contribution in [2.45, 2.75) is 25.6 Å². The van der Waals surface area contributed by atoms with Crippen LogP contribution < -0.4 is 4.74 Å². The molecule has 0 fully saturated rings. The van der Waals surface area contributed by atoms with Crippen molar-refractivity contribution in [1.82, 2.24) is 0 Å². The molecule has 3 heteroatoms. The summed E-state index contributed by atoms with van der Waals surface area (Å²) in [5.41, 5.74) is 4.40. The zero-order valence-electron chi connectivity index (χ0n) is 12.4. The Labute approximate surface area is 136 Å². The first-order valence-electron chi connectivity index (χ1n) is 7.11. The first-order chi connectivity index (χ1) is 10.1. The van der Waals surface area contributed by atoms with Gasteiger partial charge in [0.25, 0.3) is 0 Å². The maximum absolute atomic E-state index is 6.04. The molecule has 2 aromatic rings. The number of rotatable bonds is 6. The van der Waals surface area contributed by atoms with E-state index in [2.05, 4.69) is 32.0 Å². The van der Waals surface area contributed by atoms with E-state index in [1.54, 1.807) is 0 Å². The largest absolute Gasteiger partial charge is 0.493 e. The fourth-order valence-corrected chi connectivity index (χ4v) is 2.55. The third-order valence-electron chi connectivity index (χ3n) is 3.18. The number of alkyl halides is 2. The van der Waals surface area contributed by atoms with Crippen molar-refractivity contribution in [3.63, 3.8) is 0 Å². The monoisotopic (exact) mass is 322 g/mol. The zero-order chi connectivity index (χ0) is 15.2. The minimum Gasteiger partial charge on any atom is -0.493 e. The molecule has 0 atom stereocenters. The Morgan fingerprint density at radius 3 is 2.43 bits per heavy atom. The second-order valence-electron chi connectivity index (χ2n) is 5.49. The van der Waals surface area contributed by atoms with E-state index in [1.807, 2.05) is 24.3 Å². The standard InChI is InChI=1S/C18H20Cl2O/c1-13(2)12-21-17-8-14(10-19)7-16(9-17)18-6-4-3-5-15(18)11-20/h3-9,13H,10-12H2,1-2H3. The quantitative estimate of drug-likeness (QED) is 0.604. The zero-order valence-corrected chi connectivity index (χ0v) is 13.9. The van der Waals surface area contributed by atoms with E-state index in [-0.39, 0.29) is 0 Å². The second-order valence-corrected chi connectivity index (χ2v) is 6.03. The van der Waals surface area contributed by atoms with Crippen LogP contribution in [0.25, 0.3) is 11.1 Å². The SMILES string of the molecule is CC(C)COc1cc(CCl)cc(-c2ccccc2CCl)c1. The number of benzene rings is 2. The van der Waals surface area contributed by atoms with Gasteiger partial charge in [0.1, 0.15) is 5.75 Å². The summed E-state index contributed by atoms with van der Waals surface area (Å²) >= 11 is 12.1. The highest BCUT2D eigenvalue weighted by Crippen LogP contribution is 2.30. The minimum absolute atomic E-state index is 0.467. The normalized spacial score (nSPS) is 10.9. The van der Waals surface area contributed by atoms with Crippen molar-refractivity contribution in [3.8, 4) is 16.9 Å². The van der Waals surface area contributed by atoms with Crippen molar-refractivity contribution in [2.75, 3.05) is 6.61 Å². The Balaban J connectivity index is 2.40. The van der Waals surface area contributed by atoms with E-state index in [4.69, 9.17) is 27.9 Å². The van der Waals surface area contributed by atoms with Gasteiger partial charge in [-0.25, -0.2) is 0 Å². The molecule has 0 aliphatic rings. The molecular formula is C18H20Cl2O. The summed E-state index contributed by atoms with van der Waals surface area (Å²) in [5, 5.41) is 0. The van der Waals surface area contributed by atoms with Gasteiger partial charge in [-0.15, -0.1) is 23.2 Å². The lowest BCUT2D eigenvalue weighted by Gasteiger charge is -2.13. The van der Waals surface area contributed by atoms with Crippen LogP contribution in [0.3, 0.4) is 0 Å². The molecule has 2 rings (SSSR count). The molecule has 0 aromatic heterocycles. The van der Waals surface area contributed by atoms with Gasteiger partial charge in [-0.05, 0) is 46.4 Å². The molecule has 1 nitrogen and oxygen atoms in total. The molecule has 0 spiro atoms. The van der Waals surface area contributed by atoms with Gasteiger partial charge in [0.05, 0.1) is 6.61 Å². The first-order valence-corrected chi connectivity index (χ1v) is 8.18. The van der Waals surface area contributed by atoms with E-state index >= 15 is 0 Å². The molecule has 0 radical (unpaired) electrons. The van der Waals surface area contributed by atoms with Gasteiger partial charge >= 0.3 is 0 Å². The highest BCUT2D eigenvalue weighted by molar-refractivity contribution is 6.17. The first kappa shape index (κ1) is 16.2. The van der Waals surface area contributed by atoms with E-state index in [0.717, 1.165) is 28.0 Å². The van der Waals surface area contributed by atoms with Crippen molar-refractivity contribution in [3.05, 3.63) is 53.6 Å². The van der Waals surface area contributed by atoms with Crippen molar-refractivity contribution < 1.29 is 4.74 Å². The van der Waals surface area contributed by atoms with Gasteiger partial charge in [-0.2, -0.15) is 0 Å². The molecule has 0 bridgehead atoms. The van der Waals surface area contributed by atoms with Gasteiger partial charge in [0.15, 0.2) is 0 Å². The highest BCUT2D eigenvalue weighted by atomic mass is 35.5. The lowest BCUT2D eigenvalue weighted by atomic mass is 9.99. The van der Waals surface area contributed by atoms with Gasteiger partial charge < -0.3 is 4.74 Å². The van der Waals surface area contributed by atoms with Crippen molar-refractivity contribution in [2.24, 2.45) is 5.92 Å². The highest BCUT2D eigenvalue weighted by Gasteiger charge is 2.08. The average Bonchev–Trinajstić information content (AvgIpc) is 2.52. The summed E-state index contributed by atoms with van der Waals surface area (Å²) in [5.74, 6) is 2.31. The minimum atomic E-state index is 0.467. The topological polar surface area (TPSA) is 9.23 Å². The lowest BCUT2D eigenvalue weighted by molar-refractivity contribution is 0.271. The summed E-state index contributed by atoms with van der Waals surface area (Å²) in [6.07, 6.45) is 0. The van der Waals surface area contributed by atoms with Crippen LogP contribution in [-0.4, -0.2) is 6.61 Å². The van der Waals surface area contributed by atoms with Crippen molar-refractivity contribution in [1.29, 1.82) is 0 Å². The Hall–Kier alpha value is -1.18. The second kappa shape index (κ2) is 7.72. The predicted octanol–water partition coefficient (Wildman–Crippen LogP) is 5.87. The molecule has 0 aliphatic heterocycles. The number of ether oxygens (including phenoxy) is 1. The lowest BCUT2D eigenvalue weighted by Crippen LogP contribution is -2.04. The maximum Gasteiger partial charge on any atom is 0.120 e. The third-order valence-corrected chi connectivity index (χ3v) is 3.77. The van der Waals surface area contributed by atoms with Gasteiger partial charge in [-0.3, -0.25) is 0 Å². The molecule has 0 aliphatic carbocycles. The van der Waals surface area contributed by atoms with Gasteiger partial charge in [-0.1, -0.05) is 38.1 Å². The molecule has 0 saturated heterocycles. The van der Waals surface area contributed by atoms with Crippen LogP contribution in [0.1, 0.15) is 25.0 Å². The summed E-state index contributed by atoms with van der Waals surface area (Å²) in [6, 6.07) is 14.3. The maximum atomic E-state index is 6.04. The van der Waals surface area contributed by atoms with Gasteiger partial charge in [0, 0.05) is 11.8 Å². The number of hydrogen-bond acceptors (Lipinski definition) is 1. The molecular weight excluding hydrogens is 303 g/mol. The molecule has 112 valence electrons. The Kier molecular flexibility index (Phi) is 5.96. The fraction of sp³-hybridized carbons (Fsp3) is 0.333. The van der Waals surface area contributed by atoms with Crippen molar-refractivity contribution >= 4 is 23.2 Å². The fourth-order valence-electron chi connectivity index (χ4n) is 2.16. The van der Waals surface area contributed by atoms with Crippen LogP contribution in [0.5, 0.6) is 5.75 Å². The summed E-state index contributed by atoms with van der Waals surface area (Å²) in [6.45, 7) is 4.96. The molecule has 0 heterocycles. The molecule has 2 aromatic carbocycles. The van der Waals surface area contributed by atoms with E-state index < -0.39 is 0 Å². The van der Waals surface area contributed by atoms with Crippen LogP contribution >= 0.6 is 23.2 Å². The average molecular weight is 323 g/mol. The van der Waals surface area contributed by atoms with Crippen LogP contribution in [0, 0.1) is 5.92 Å². The molecule has 0 amide bonds. The summed E-state index contributed by atoms with van der Waals surface area (Å²) < 4.78 is 5.85. The van der Waals surface area contributed by atoms with Crippen LogP contribution in [0.15, 0.2) is 42.5 Å². The summed E-state index contributed by atoms with van der Waals surface area (Å²) in [7, 11) is 0. The van der Waals surface area contributed by atoms with E-state index in [0.29, 0.717) is 24.3 Å². The Morgan fingerprint density at radius 1 is 1.00 bits per heavy atom. The van der Waals surface area contributed by atoms with E-state index in [9.17, 15) is 0 Å². The molecule has 0 unspecified atom stereocenters. The smallest absolute Gasteiger partial charge is 0.120 e. The third kappa shape index (κ3) is 4.39. The molecule has 21 heavy (non-hydrogen) atoms. The van der Waals surface area contributed by atoms with Crippen LogP contribution in [0.4, 0.5) is 0 Å². The van der Waals surface area contributed by atoms with Crippen LogP contribution in [-0.2, 0) is 11.8 Å². The summed E-state index contributed by atoms with van der Waals surface area (Å²) in [4.78, 5) is 0. The Bertz CT molecular complexity index is 594.